The van der Waals surface area contributed by atoms with Crippen LogP contribution in [-0.4, -0.2) is 32.2 Å². The van der Waals surface area contributed by atoms with Crippen LogP contribution in [0.5, 0.6) is 23.0 Å². The standard InChI is InChI=1S/C33H36N2O7/c1-4-6-7-8-17-41-28-14-11-24(20-30(28)38-3)13-16-32(36)42-29-15-12-25(21-31(29)39-5-2)19-26(22-34)33(37)35-23-27-10-9-18-40-27/h9-16,18-21H,4-8,17,23H2,1-3H3,(H,35,37)/b16-13+,26-19+. The maximum atomic E-state index is 12.6. The molecule has 0 fully saturated rings. The van der Waals surface area contributed by atoms with Crippen molar-refractivity contribution in [2.24, 2.45) is 0 Å². The molecule has 0 radical (unpaired) electrons. The highest BCUT2D eigenvalue weighted by Gasteiger charge is 2.13. The number of methoxy groups -OCH3 is 1. The third kappa shape index (κ3) is 9.89. The second-order valence-corrected chi connectivity index (χ2v) is 9.14. The molecule has 0 spiro atoms. The number of nitriles is 1. The second-order valence-electron chi connectivity index (χ2n) is 9.14. The SMILES string of the molecule is CCCCCCOc1ccc(/C=C/C(=O)Oc2ccc(/C=C(\C#N)C(=O)NCc3ccco3)cc2OCC)cc1OC. The molecule has 3 aromatic rings. The molecule has 0 aliphatic heterocycles. The van der Waals surface area contributed by atoms with Gasteiger partial charge in [-0.25, -0.2) is 4.79 Å². The molecule has 1 N–H and O–H groups in total. The van der Waals surface area contributed by atoms with Gasteiger partial charge in [0, 0.05) is 6.08 Å². The molecular weight excluding hydrogens is 536 g/mol. The van der Waals surface area contributed by atoms with Gasteiger partial charge in [0.2, 0.25) is 0 Å². The first-order chi connectivity index (χ1) is 20.5. The Balaban J connectivity index is 1.65. The van der Waals surface area contributed by atoms with Crippen molar-refractivity contribution in [3.05, 3.63) is 83.3 Å². The maximum Gasteiger partial charge on any atom is 0.336 e. The van der Waals surface area contributed by atoms with E-state index in [4.69, 9.17) is 23.4 Å². The minimum Gasteiger partial charge on any atom is -0.493 e. The number of carbonyl (C=O) groups is 2. The largest absolute Gasteiger partial charge is 0.493 e. The van der Waals surface area contributed by atoms with Crippen molar-refractivity contribution >= 4 is 24.0 Å². The summed E-state index contributed by atoms with van der Waals surface area (Å²) in [6, 6.07) is 15.5. The van der Waals surface area contributed by atoms with E-state index in [0.29, 0.717) is 41.8 Å². The fourth-order valence-electron chi connectivity index (χ4n) is 3.88. The molecule has 2 aromatic carbocycles. The van der Waals surface area contributed by atoms with Crippen LogP contribution in [0, 0.1) is 11.3 Å². The van der Waals surface area contributed by atoms with Crippen LogP contribution >= 0.6 is 0 Å². The zero-order valence-corrected chi connectivity index (χ0v) is 24.2. The molecule has 3 rings (SSSR count). The summed E-state index contributed by atoms with van der Waals surface area (Å²) in [5.41, 5.74) is 1.17. The van der Waals surface area contributed by atoms with Gasteiger partial charge in [-0.1, -0.05) is 38.3 Å². The van der Waals surface area contributed by atoms with Gasteiger partial charge in [0.25, 0.3) is 5.91 Å². The van der Waals surface area contributed by atoms with Crippen molar-refractivity contribution in [2.75, 3.05) is 20.3 Å². The van der Waals surface area contributed by atoms with Crippen LogP contribution in [0.4, 0.5) is 0 Å². The van der Waals surface area contributed by atoms with E-state index in [9.17, 15) is 14.9 Å². The van der Waals surface area contributed by atoms with Gasteiger partial charge in [-0.05, 0) is 73.0 Å². The lowest BCUT2D eigenvalue weighted by Gasteiger charge is -2.11. The van der Waals surface area contributed by atoms with E-state index in [1.165, 1.54) is 31.3 Å². The quantitative estimate of drug-likeness (QED) is 0.0680. The highest BCUT2D eigenvalue weighted by molar-refractivity contribution is 6.01. The molecule has 220 valence electrons. The molecule has 1 amide bonds. The fraction of sp³-hybridized carbons (Fsp3) is 0.303. The number of hydrogen-bond acceptors (Lipinski definition) is 8. The Morgan fingerprint density at radius 2 is 1.74 bits per heavy atom. The first-order valence-corrected chi connectivity index (χ1v) is 13.9. The first kappa shape index (κ1) is 31.6. The Morgan fingerprint density at radius 3 is 2.45 bits per heavy atom. The molecule has 9 heteroatoms. The summed E-state index contributed by atoms with van der Waals surface area (Å²) in [6.45, 7) is 5.05. The van der Waals surface area contributed by atoms with Crippen LogP contribution in [0.3, 0.4) is 0 Å². The lowest BCUT2D eigenvalue weighted by molar-refractivity contribution is -0.129. The number of amides is 1. The molecule has 0 aliphatic rings. The third-order valence-corrected chi connectivity index (χ3v) is 6.01. The van der Waals surface area contributed by atoms with Crippen molar-refractivity contribution in [1.29, 1.82) is 5.26 Å². The molecule has 0 bridgehead atoms. The van der Waals surface area contributed by atoms with Crippen LogP contribution in [0.2, 0.25) is 0 Å². The van der Waals surface area contributed by atoms with Gasteiger partial charge < -0.3 is 28.7 Å². The molecule has 0 atom stereocenters. The zero-order valence-electron chi connectivity index (χ0n) is 24.2. The highest BCUT2D eigenvalue weighted by atomic mass is 16.6. The van der Waals surface area contributed by atoms with Gasteiger partial charge in [0.1, 0.15) is 17.4 Å². The number of hydrogen-bond donors (Lipinski definition) is 1. The summed E-state index contributed by atoms with van der Waals surface area (Å²) in [5, 5.41) is 12.1. The number of furan rings is 1. The molecule has 1 heterocycles. The lowest BCUT2D eigenvalue weighted by Crippen LogP contribution is -2.23. The Bertz CT molecular complexity index is 1420. The average Bonchev–Trinajstić information content (AvgIpc) is 3.53. The maximum absolute atomic E-state index is 12.6. The van der Waals surface area contributed by atoms with Gasteiger partial charge in [0.15, 0.2) is 23.0 Å². The predicted molar refractivity (Wildman–Crippen MR) is 159 cm³/mol. The highest BCUT2D eigenvalue weighted by Crippen LogP contribution is 2.31. The minimum absolute atomic E-state index is 0.0972. The van der Waals surface area contributed by atoms with Crippen molar-refractivity contribution < 1.29 is 33.0 Å². The van der Waals surface area contributed by atoms with E-state index in [-0.39, 0.29) is 17.9 Å². The normalized spacial score (nSPS) is 11.1. The Kier molecular flexibility index (Phi) is 12.8. The number of carbonyl (C=O) groups excluding carboxylic acids is 2. The average molecular weight is 573 g/mol. The van der Waals surface area contributed by atoms with Crippen LogP contribution in [-0.2, 0) is 16.1 Å². The summed E-state index contributed by atoms with van der Waals surface area (Å²) in [7, 11) is 1.57. The third-order valence-electron chi connectivity index (χ3n) is 6.01. The summed E-state index contributed by atoms with van der Waals surface area (Å²) in [6.07, 6.45) is 10.3. The first-order valence-electron chi connectivity index (χ1n) is 13.9. The Morgan fingerprint density at radius 1 is 0.952 bits per heavy atom. The summed E-state index contributed by atoms with van der Waals surface area (Å²) < 4.78 is 27.7. The number of esters is 1. The fourth-order valence-corrected chi connectivity index (χ4v) is 3.88. The van der Waals surface area contributed by atoms with E-state index < -0.39 is 11.9 Å². The number of unbranched alkanes of at least 4 members (excludes halogenated alkanes) is 3. The van der Waals surface area contributed by atoms with Crippen molar-refractivity contribution in [3.8, 4) is 29.1 Å². The molecule has 0 saturated heterocycles. The number of rotatable bonds is 16. The zero-order chi connectivity index (χ0) is 30.2. The molecule has 0 unspecified atom stereocenters. The molecule has 9 nitrogen and oxygen atoms in total. The smallest absolute Gasteiger partial charge is 0.336 e. The number of benzene rings is 2. The predicted octanol–water partition coefficient (Wildman–Crippen LogP) is 6.49. The minimum atomic E-state index is -0.607. The lowest BCUT2D eigenvalue weighted by atomic mass is 10.1. The van der Waals surface area contributed by atoms with E-state index in [1.807, 2.05) is 18.2 Å². The van der Waals surface area contributed by atoms with Crippen LogP contribution < -0.4 is 24.3 Å². The monoisotopic (exact) mass is 572 g/mol. The summed E-state index contributed by atoms with van der Waals surface area (Å²) >= 11 is 0. The van der Waals surface area contributed by atoms with E-state index in [0.717, 1.165) is 18.4 Å². The topological polar surface area (TPSA) is 120 Å². The van der Waals surface area contributed by atoms with Gasteiger partial charge in [-0.3, -0.25) is 4.79 Å². The van der Waals surface area contributed by atoms with E-state index >= 15 is 0 Å². The molecule has 1 aromatic heterocycles. The van der Waals surface area contributed by atoms with Crippen LogP contribution in [0.1, 0.15) is 56.4 Å². The summed E-state index contributed by atoms with van der Waals surface area (Å²) in [4.78, 5) is 25.1. The van der Waals surface area contributed by atoms with Gasteiger partial charge in [-0.15, -0.1) is 0 Å². The Hall–Kier alpha value is -4.97. The second kappa shape index (κ2) is 17.0. The van der Waals surface area contributed by atoms with Gasteiger partial charge in [-0.2, -0.15) is 5.26 Å². The van der Waals surface area contributed by atoms with Crippen molar-refractivity contribution in [2.45, 2.75) is 46.1 Å². The van der Waals surface area contributed by atoms with E-state index in [1.54, 1.807) is 56.5 Å². The number of nitrogens with zero attached hydrogens (tertiary/aromatic N) is 1. The molecular formula is C33H36N2O7. The van der Waals surface area contributed by atoms with E-state index in [2.05, 4.69) is 12.2 Å². The number of ether oxygens (including phenoxy) is 4. The van der Waals surface area contributed by atoms with Gasteiger partial charge in [0.05, 0.1) is 33.1 Å². The van der Waals surface area contributed by atoms with Crippen LogP contribution in [0.15, 0.2) is 70.9 Å². The summed E-state index contributed by atoms with van der Waals surface area (Å²) in [5.74, 6) is 1.14. The number of nitrogens with one attached hydrogen (secondary N) is 1. The molecule has 0 aliphatic carbocycles. The molecule has 42 heavy (non-hydrogen) atoms. The van der Waals surface area contributed by atoms with Crippen molar-refractivity contribution in [1.82, 2.24) is 5.32 Å². The molecule has 0 saturated carbocycles. The van der Waals surface area contributed by atoms with Crippen molar-refractivity contribution in [3.63, 3.8) is 0 Å². The Labute approximate surface area is 246 Å². The van der Waals surface area contributed by atoms with Crippen LogP contribution in [0.25, 0.3) is 12.2 Å². The van der Waals surface area contributed by atoms with Gasteiger partial charge >= 0.3 is 5.97 Å².